The second-order valence-corrected chi connectivity index (χ2v) is 7.57. The Balaban J connectivity index is 1.28. The molecule has 1 heterocycles. The van der Waals surface area contributed by atoms with Crippen molar-refractivity contribution < 1.29 is 9.53 Å². The first-order chi connectivity index (χ1) is 14.6. The lowest BCUT2D eigenvalue weighted by Crippen LogP contribution is -2.26. The molecule has 0 bridgehead atoms. The van der Waals surface area contributed by atoms with E-state index >= 15 is 0 Å². The highest BCUT2D eigenvalue weighted by molar-refractivity contribution is 5.79. The van der Waals surface area contributed by atoms with Crippen LogP contribution in [-0.2, 0) is 4.74 Å². The van der Waals surface area contributed by atoms with E-state index in [0.717, 1.165) is 23.4 Å². The second kappa shape index (κ2) is 8.95. The van der Waals surface area contributed by atoms with Crippen LogP contribution in [0.3, 0.4) is 0 Å². The quantitative estimate of drug-likeness (QED) is 0.547. The summed E-state index contributed by atoms with van der Waals surface area (Å²) in [6, 6.07) is 20.7. The second-order valence-electron chi connectivity index (χ2n) is 7.57. The molecule has 0 unspecified atom stereocenters. The molecule has 4 rings (SSSR count). The zero-order chi connectivity index (χ0) is 20.9. The number of nitrogens with one attached hydrogen (secondary N) is 1. The van der Waals surface area contributed by atoms with Crippen molar-refractivity contribution in [3.8, 4) is 11.1 Å². The number of carbonyl (C=O) groups is 1. The number of aryl methyl sites for hydroxylation is 2. The van der Waals surface area contributed by atoms with E-state index in [-0.39, 0.29) is 12.0 Å². The van der Waals surface area contributed by atoms with E-state index in [0.29, 0.717) is 13.2 Å². The molecule has 4 heteroatoms. The Bertz CT molecular complexity index is 1040. The molecule has 3 aromatic rings. The lowest BCUT2D eigenvalue weighted by molar-refractivity contribution is 0.143. The summed E-state index contributed by atoms with van der Waals surface area (Å²) in [5.74, 6) is 0.0834. The van der Waals surface area contributed by atoms with Crippen molar-refractivity contribution in [3.05, 3.63) is 94.8 Å². The minimum Gasteiger partial charge on any atom is -0.449 e. The highest BCUT2D eigenvalue weighted by Gasteiger charge is 2.28. The SMILES string of the molecule is Cc1ccc(C=CCCNC(=O)OCC2c3ccccc3-c3ccccc32)c(C)n1. The van der Waals surface area contributed by atoms with Crippen molar-refractivity contribution >= 4 is 12.2 Å². The Morgan fingerprint density at radius 3 is 2.33 bits per heavy atom. The number of nitrogens with zero attached hydrogens (tertiary/aromatic N) is 1. The third-order valence-electron chi connectivity index (χ3n) is 5.49. The molecule has 1 aliphatic rings. The van der Waals surface area contributed by atoms with E-state index in [1.807, 2.05) is 56.3 Å². The average Bonchev–Trinajstić information content (AvgIpc) is 3.07. The van der Waals surface area contributed by atoms with Gasteiger partial charge in [-0.1, -0.05) is 66.7 Å². The standard InChI is InChI=1S/C26H26N2O2/c1-18-14-15-20(19(2)28-18)9-7-8-16-27-26(29)30-17-25-23-12-5-3-10-21(23)22-11-4-6-13-24(22)25/h3-7,9-15,25H,8,16-17H2,1-2H3,(H,27,29). The Kier molecular flexibility index (Phi) is 5.94. The minimum absolute atomic E-state index is 0.0834. The fourth-order valence-electron chi connectivity index (χ4n) is 3.99. The summed E-state index contributed by atoms with van der Waals surface area (Å²) in [4.78, 5) is 16.6. The van der Waals surface area contributed by atoms with Gasteiger partial charge in [0.05, 0.1) is 0 Å². The number of hydrogen-bond donors (Lipinski definition) is 1. The van der Waals surface area contributed by atoms with Crippen LogP contribution in [-0.4, -0.2) is 24.2 Å². The van der Waals surface area contributed by atoms with Crippen molar-refractivity contribution in [3.63, 3.8) is 0 Å². The number of aromatic nitrogens is 1. The van der Waals surface area contributed by atoms with Gasteiger partial charge in [-0.2, -0.15) is 0 Å². The Hall–Kier alpha value is -3.40. The molecule has 0 aliphatic heterocycles. The molecule has 1 amide bonds. The van der Waals surface area contributed by atoms with Crippen LogP contribution in [0.2, 0.25) is 0 Å². The van der Waals surface area contributed by atoms with Crippen LogP contribution in [0.15, 0.2) is 66.7 Å². The zero-order valence-corrected chi connectivity index (χ0v) is 17.4. The lowest BCUT2D eigenvalue weighted by atomic mass is 9.98. The van der Waals surface area contributed by atoms with E-state index in [4.69, 9.17) is 4.74 Å². The van der Waals surface area contributed by atoms with Gasteiger partial charge in [-0.05, 0) is 54.2 Å². The molecule has 1 N–H and O–H groups in total. The Morgan fingerprint density at radius 2 is 1.67 bits per heavy atom. The summed E-state index contributed by atoms with van der Waals surface area (Å²) in [5.41, 5.74) is 8.02. The first kappa shape index (κ1) is 19.9. The highest BCUT2D eigenvalue weighted by atomic mass is 16.5. The molecular formula is C26H26N2O2. The number of hydrogen-bond acceptors (Lipinski definition) is 3. The van der Waals surface area contributed by atoms with Gasteiger partial charge in [0.15, 0.2) is 0 Å². The first-order valence-corrected chi connectivity index (χ1v) is 10.3. The predicted octanol–water partition coefficient (Wildman–Crippen LogP) is 5.64. The number of ether oxygens (including phenoxy) is 1. The fourth-order valence-corrected chi connectivity index (χ4v) is 3.99. The van der Waals surface area contributed by atoms with E-state index in [1.54, 1.807) is 0 Å². The molecule has 1 aromatic heterocycles. The Labute approximate surface area is 177 Å². The molecule has 2 aromatic carbocycles. The Morgan fingerprint density at radius 1 is 1.00 bits per heavy atom. The normalized spacial score (nSPS) is 12.6. The van der Waals surface area contributed by atoms with Crippen LogP contribution in [0.25, 0.3) is 17.2 Å². The molecule has 0 saturated heterocycles. The third kappa shape index (κ3) is 4.28. The molecule has 0 atom stereocenters. The van der Waals surface area contributed by atoms with Gasteiger partial charge >= 0.3 is 6.09 Å². The van der Waals surface area contributed by atoms with Gasteiger partial charge in [-0.15, -0.1) is 0 Å². The summed E-state index contributed by atoms with van der Waals surface area (Å²) < 4.78 is 5.55. The molecule has 0 fully saturated rings. The van der Waals surface area contributed by atoms with Crippen molar-refractivity contribution in [1.29, 1.82) is 0 Å². The van der Waals surface area contributed by atoms with Crippen molar-refractivity contribution in [1.82, 2.24) is 10.3 Å². The van der Waals surface area contributed by atoms with E-state index in [2.05, 4.69) is 40.6 Å². The number of amides is 1. The zero-order valence-electron chi connectivity index (χ0n) is 17.4. The number of benzene rings is 2. The van der Waals surface area contributed by atoms with Crippen LogP contribution in [0.5, 0.6) is 0 Å². The number of pyridine rings is 1. The highest BCUT2D eigenvalue weighted by Crippen LogP contribution is 2.44. The fraction of sp³-hybridized carbons (Fsp3) is 0.231. The third-order valence-corrected chi connectivity index (χ3v) is 5.49. The van der Waals surface area contributed by atoms with Gasteiger partial charge in [-0.25, -0.2) is 4.79 Å². The number of carbonyl (C=O) groups excluding carboxylic acids is 1. The van der Waals surface area contributed by atoms with Gasteiger partial charge in [0, 0.05) is 23.9 Å². The number of alkyl carbamates (subject to hydrolysis) is 1. The van der Waals surface area contributed by atoms with Gasteiger partial charge < -0.3 is 10.1 Å². The monoisotopic (exact) mass is 398 g/mol. The van der Waals surface area contributed by atoms with Gasteiger partial charge in [0.25, 0.3) is 0 Å². The van der Waals surface area contributed by atoms with E-state index in [9.17, 15) is 4.79 Å². The summed E-state index contributed by atoms with van der Waals surface area (Å²) >= 11 is 0. The average molecular weight is 399 g/mol. The maximum absolute atomic E-state index is 12.2. The molecule has 0 saturated carbocycles. The summed E-state index contributed by atoms with van der Waals surface area (Å²) in [6.45, 7) is 4.86. The topological polar surface area (TPSA) is 51.2 Å². The van der Waals surface area contributed by atoms with Crippen LogP contribution in [0.4, 0.5) is 4.79 Å². The minimum atomic E-state index is -0.376. The van der Waals surface area contributed by atoms with Crippen molar-refractivity contribution in [2.75, 3.05) is 13.2 Å². The molecule has 4 nitrogen and oxygen atoms in total. The number of fused-ring (bicyclic) bond motifs is 3. The van der Waals surface area contributed by atoms with Gasteiger partial charge in [0.2, 0.25) is 0 Å². The maximum atomic E-state index is 12.2. The van der Waals surface area contributed by atoms with Crippen LogP contribution in [0, 0.1) is 13.8 Å². The van der Waals surface area contributed by atoms with E-state index < -0.39 is 0 Å². The van der Waals surface area contributed by atoms with Crippen LogP contribution in [0.1, 0.15) is 40.4 Å². The largest absolute Gasteiger partial charge is 0.449 e. The molecule has 152 valence electrons. The summed E-state index contributed by atoms with van der Waals surface area (Å²) in [5, 5.41) is 2.84. The van der Waals surface area contributed by atoms with Crippen LogP contribution < -0.4 is 5.32 Å². The van der Waals surface area contributed by atoms with Crippen molar-refractivity contribution in [2.45, 2.75) is 26.2 Å². The molecule has 1 aliphatic carbocycles. The lowest BCUT2D eigenvalue weighted by Gasteiger charge is -2.14. The molecule has 30 heavy (non-hydrogen) atoms. The smallest absolute Gasteiger partial charge is 0.407 e. The van der Waals surface area contributed by atoms with Crippen molar-refractivity contribution in [2.24, 2.45) is 0 Å². The predicted molar refractivity (Wildman–Crippen MR) is 120 cm³/mol. The van der Waals surface area contributed by atoms with Gasteiger partial charge in [-0.3, -0.25) is 4.98 Å². The van der Waals surface area contributed by atoms with E-state index in [1.165, 1.54) is 22.3 Å². The maximum Gasteiger partial charge on any atom is 0.407 e. The number of rotatable bonds is 6. The van der Waals surface area contributed by atoms with Gasteiger partial charge in [0.1, 0.15) is 6.61 Å². The molecular weight excluding hydrogens is 372 g/mol. The van der Waals surface area contributed by atoms with Crippen LogP contribution >= 0.6 is 0 Å². The molecule has 0 radical (unpaired) electrons. The summed E-state index contributed by atoms with van der Waals surface area (Å²) in [7, 11) is 0. The first-order valence-electron chi connectivity index (χ1n) is 10.3. The summed E-state index contributed by atoms with van der Waals surface area (Å²) in [6.07, 6.45) is 4.44. The molecule has 0 spiro atoms.